The summed E-state index contributed by atoms with van der Waals surface area (Å²) in [6, 6.07) is 8.01. The predicted octanol–water partition coefficient (Wildman–Crippen LogP) is 2.10. The molecule has 0 aliphatic heterocycles. The molecule has 1 atom stereocenters. The summed E-state index contributed by atoms with van der Waals surface area (Å²) in [4.78, 5) is 0. The van der Waals surface area contributed by atoms with E-state index in [-0.39, 0.29) is 25.1 Å². The van der Waals surface area contributed by atoms with E-state index in [0.29, 0.717) is 6.42 Å². The first-order valence-electron chi connectivity index (χ1n) is 3.86. The van der Waals surface area contributed by atoms with Gasteiger partial charge in [0.2, 0.25) is 0 Å². The molecule has 1 rings (SSSR count). The van der Waals surface area contributed by atoms with Gasteiger partial charge in [-0.15, -0.1) is 12.4 Å². The highest BCUT2D eigenvalue weighted by Gasteiger charge is 2.03. The van der Waals surface area contributed by atoms with Crippen molar-refractivity contribution in [3.05, 3.63) is 33.4 Å². The van der Waals surface area contributed by atoms with Crippen LogP contribution in [0.1, 0.15) is 18.0 Å². The van der Waals surface area contributed by atoms with E-state index in [2.05, 4.69) is 22.6 Å². The fourth-order valence-electron chi connectivity index (χ4n) is 1.02. The molecule has 0 aromatic heterocycles. The largest absolute Gasteiger partial charge is 0.396 e. The molecule has 0 amide bonds. The lowest BCUT2D eigenvalue weighted by molar-refractivity contribution is 0.276. The molecule has 3 N–H and O–H groups in total. The van der Waals surface area contributed by atoms with Crippen LogP contribution in [-0.2, 0) is 0 Å². The SMILES string of the molecule is Cl.NC(CCO)c1ccc(I)cc1. The first kappa shape index (κ1) is 13.2. The van der Waals surface area contributed by atoms with Crippen molar-refractivity contribution in [1.29, 1.82) is 0 Å². The quantitative estimate of drug-likeness (QED) is 0.840. The Bertz CT molecular complexity index is 240. The van der Waals surface area contributed by atoms with Gasteiger partial charge in [0.05, 0.1) is 0 Å². The Balaban J connectivity index is 0.00000144. The monoisotopic (exact) mass is 313 g/mol. The summed E-state index contributed by atoms with van der Waals surface area (Å²) in [5.74, 6) is 0. The first-order chi connectivity index (χ1) is 5.74. The van der Waals surface area contributed by atoms with E-state index in [1.54, 1.807) is 0 Å². The molecule has 1 unspecified atom stereocenters. The smallest absolute Gasteiger partial charge is 0.0449 e. The summed E-state index contributed by atoms with van der Waals surface area (Å²) in [6.45, 7) is 0.146. The van der Waals surface area contributed by atoms with E-state index >= 15 is 0 Å². The van der Waals surface area contributed by atoms with Crippen LogP contribution in [0.5, 0.6) is 0 Å². The molecule has 0 aliphatic rings. The van der Waals surface area contributed by atoms with Gasteiger partial charge in [0, 0.05) is 16.2 Å². The Morgan fingerprint density at radius 2 is 1.85 bits per heavy atom. The van der Waals surface area contributed by atoms with E-state index in [1.807, 2.05) is 24.3 Å². The fraction of sp³-hybridized carbons (Fsp3) is 0.333. The van der Waals surface area contributed by atoms with E-state index < -0.39 is 0 Å². The van der Waals surface area contributed by atoms with Gasteiger partial charge in [-0.05, 0) is 46.7 Å². The highest BCUT2D eigenvalue weighted by atomic mass is 127. The van der Waals surface area contributed by atoms with Gasteiger partial charge in [0.25, 0.3) is 0 Å². The average Bonchev–Trinajstić information content (AvgIpc) is 2.06. The standard InChI is InChI=1S/C9H12INO.ClH/c10-8-3-1-7(2-4-8)9(11)5-6-12;/h1-4,9,12H,5-6,11H2;1H. The maximum absolute atomic E-state index is 8.67. The van der Waals surface area contributed by atoms with Gasteiger partial charge >= 0.3 is 0 Å². The summed E-state index contributed by atoms with van der Waals surface area (Å²) < 4.78 is 1.20. The maximum atomic E-state index is 8.67. The van der Waals surface area contributed by atoms with Crippen molar-refractivity contribution in [1.82, 2.24) is 0 Å². The Morgan fingerprint density at radius 1 is 1.31 bits per heavy atom. The summed E-state index contributed by atoms with van der Waals surface area (Å²) >= 11 is 2.25. The first-order valence-corrected chi connectivity index (χ1v) is 4.94. The van der Waals surface area contributed by atoms with E-state index in [0.717, 1.165) is 5.56 Å². The molecule has 1 aromatic carbocycles. The van der Waals surface area contributed by atoms with Gasteiger partial charge < -0.3 is 10.8 Å². The van der Waals surface area contributed by atoms with Crippen LogP contribution in [0.2, 0.25) is 0 Å². The van der Waals surface area contributed by atoms with Crippen LogP contribution in [0.15, 0.2) is 24.3 Å². The van der Waals surface area contributed by atoms with Crippen LogP contribution >= 0.6 is 35.0 Å². The minimum Gasteiger partial charge on any atom is -0.396 e. The van der Waals surface area contributed by atoms with Crippen LogP contribution in [-0.4, -0.2) is 11.7 Å². The van der Waals surface area contributed by atoms with Crippen molar-refractivity contribution in [2.45, 2.75) is 12.5 Å². The van der Waals surface area contributed by atoms with Crippen molar-refractivity contribution in [3.8, 4) is 0 Å². The minimum absolute atomic E-state index is 0. The predicted molar refractivity (Wildman–Crippen MR) is 65.0 cm³/mol. The molecule has 74 valence electrons. The van der Waals surface area contributed by atoms with E-state index in [9.17, 15) is 0 Å². The molecule has 0 saturated carbocycles. The maximum Gasteiger partial charge on any atom is 0.0449 e. The zero-order valence-corrected chi connectivity index (χ0v) is 10.1. The van der Waals surface area contributed by atoms with Gasteiger partial charge in [-0.2, -0.15) is 0 Å². The van der Waals surface area contributed by atoms with Gasteiger partial charge in [-0.3, -0.25) is 0 Å². The highest BCUT2D eigenvalue weighted by Crippen LogP contribution is 2.14. The third-order valence-corrected chi connectivity index (χ3v) is 2.46. The number of aliphatic hydroxyl groups excluding tert-OH is 1. The van der Waals surface area contributed by atoms with Crippen LogP contribution in [0.3, 0.4) is 0 Å². The zero-order chi connectivity index (χ0) is 8.97. The summed E-state index contributed by atoms with van der Waals surface area (Å²) in [5, 5.41) is 8.67. The summed E-state index contributed by atoms with van der Waals surface area (Å²) in [6.07, 6.45) is 0.626. The van der Waals surface area contributed by atoms with Crippen molar-refractivity contribution in [2.75, 3.05) is 6.61 Å². The Hall–Kier alpha value is 0.160. The second-order valence-corrected chi connectivity index (χ2v) is 3.92. The van der Waals surface area contributed by atoms with Crippen LogP contribution in [0, 0.1) is 3.57 Å². The van der Waals surface area contributed by atoms with Crippen molar-refractivity contribution < 1.29 is 5.11 Å². The number of hydrogen-bond donors (Lipinski definition) is 2. The third-order valence-electron chi connectivity index (χ3n) is 1.74. The van der Waals surface area contributed by atoms with Crippen molar-refractivity contribution in [3.63, 3.8) is 0 Å². The summed E-state index contributed by atoms with van der Waals surface area (Å²) in [5.41, 5.74) is 6.88. The lowest BCUT2D eigenvalue weighted by Crippen LogP contribution is -2.11. The number of aliphatic hydroxyl groups is 1. The fourth-order valence-corrected chi connectivity index (χ4v) is 1.38. The van der Waals surface area contributed by atoms with Gasteiger partial charge in [-0.1, -0.05) is 12.1 Å². The third kappa shape index (κ3) is 4.26. The Morgan fingerprint density at radius 3 is 2.31 bits per heavy atom. The van der Waals surface area contributed by atoms with Gasteiger partial charge in [-0.25, -0.2) is 0 Å². The molecule has 4 heteroatoms. The molecule has 0 saturated heterocycles. The second kappa shape index (κ2) is 6.59. The molecule has 0 fully saturated rings. The Kier molecular flexibility index (Phi) is 6.67. The molecule has 0 heterocycles. The van der Waals surface area contributed by atoms with Crippen molar-refractivity contribution in [2.24, 2.45) is 5.73 Å². The molecule has 0 bridgehead atoms. The zero-order valence-electron chi connectivity index (χ0n) is 7.11. The number of benzene rings is 1. The average molecular weight is 314 g/mol. The lowest BCUT2D eigenvalue weighted by atomic mass is 10.1. The molecule has 1 aromatic rings. The van der Waals surface area contributed by atoms with E-state index in [4.69, 9.17) is 10.8 Å². The molecular weight excluding hydrogens is 300 g/mol. The van der Waals surface area contributed by atoms with Gasteiger partial charge in [0.15, 0.2) is 0 Å². The molecule has 0 radical (unpaired) electrons. The lowest BCUT2D eigenvalue weighted by Gasteiger charge is -2.09. The second-order valence-electron chi connectivity index (χ2n) is 2.67. The molecule has 13 heavy (non-hydrogen) atoms. The van der Waals surface area contributed by atoms with E-state index in [1.165, 1.54) is 3.57 Å². The molecule has 2 nitrogen and oxygen atoms in total. The highest BCUT2D eigenvalue weighted by molar-refractivity contribution is 14.1. The number of halogens is 2. The number of rotatable bonds is 3. The van der Waals surface area contributed by atoms with Crippen LogP contribution in [0.4, 0.5) is 0 Å². The van der Waals surface area contributed by atoms with Crippen LogP contribution in [0.25, 0.3) is 0 Å². The molecular formula is C9H13ClINO. The Labute approximate surface area is 98.1 Å². The van der Waals surface area contributed by atoms with Crippen molar-refractivity contribution >= 4 is 35.0 Å². The number of nitrogens with two attached hydrogens (primary N) is 1. The topological polar surface area (TPSA) is 46.2 Å². The normalized spacial score (nSPS) is 11.9. The molecule has 0 spiro atoms. The minimum atomic E-state index is -0.0352. The number of hydrogen-bond acceptors (Lipinski definition) is 2. The van der Waals surface area contributed by atoms with Crippen LogP contribution < -0.4 is 5.73 Å². The van der Waals surface area contributed by atoms with Gasteiger partial charge in [0.1, 0.15) is 0 Å². The summed E-state index contributed by atoms with van der Waals surface area (Å²) in [7, 11) is 0. The molecule has 0 aliphatic carbocycles.